The fraction of sp³-hybridized carbons (Fsp3) is 0.667. The van der Waals surface area contributed by atoms with Gasteiger partial charge in [-0.15, -0.1) is 0 Å². The van der Waals surface area contributed by atoms with Gasteiger partial charge >= 0.3 is 0 Å². The van der Waals surface area contributed by atoms with Crippen LogP contribution >= 0.6 is 11.8 Å². The van der Waals surface area contributed by atoms with E-state index in [0.717, 1.165) is 0 Å². The number of hydrogen-bond acceptors (Lipinski definition) is 3. The molecule has 2 nitrogen and oxygen atoms in total. The summed E-state index contributed by atoms with van der Waals surface area (Å²) in [7, 11) is 0.472. The number of nitrogens with two attached hydrogens (primary N) is 1. The first-order chi connectivity index (χ1) is 3.31. The van der Waals surface area contributed by atoms with Crippen molar-refractivity contribution in [2.45, 2.75) is 6.32 Å². The van der Waals surface area contributed by atoms with Gasteiger partial charge in [-0.25, -0.2) is 0 Å². The molecule has 0 atom stereocenters. The second kappa shape index (κ2) is 4.21. The van der Waals surface area contributed by atoms with Crippen LogP contribution in [0.15, 0.2) is 0 Å². The molecule has 7 heavy (non-hydrogen) atoms. The number of carbonyl (C=O) groups is 1. The van der Waals surface area contributed by atoms with E-state index in [1.54, 1.807) is 6.26 Å². The van der Waals surface area contributed by atoms with Crippen molar-refractivity contribution in [2.75, 3.05) is 6.26 Å². The average Bonchev–Trinajstić information content (AvgIpc) is 1.68. The van der Waals surface area contributed by atoms with Crippen molar-refractivity contribution in [2.24, 2.45) is 5.64 Å². The summed E-state index contributed by atoms with van der Waals surface area (Å²) in [6.07, 6.45) is 2.26. The molecule has 0 aromatic heterocycles. The first-order valence-electron chi connectivity index (χ1n) is 2.08. The highest BCUT2D eigenvalue weighted by atomic mass is 32.2. The second-order valence-electron chi connectivity index (χ2n) is 1.11. The van der Waals surface area contributed by atoms with Crippen molar-refractivity contribution in [3.05, 3.63) is 0 Å². The highest BCUT2D eigenvalue weighted by Crippen LogP contribution is 1.96. The Morgan fingerprint density at radius 2 is 2.57 bits per heavy atom. The second-order valence-corrected chi connectivity index (χ2v) is 1.98. The molecule has 0 saturated carbocycles. The van der Waals surface area contributed by atoms with Crippen LogP contribution in [0.1, 0.15) is 0 Å². The summed E-state index contributed by atoms with van der Waals surface area (Å²) >= 11 is 1.23. The quantitative estimate of drug-likeness (QED) is 0.500. The van der Waals surface area contributed by atoms with Gasteiger partial charge in [0.1, 0.15) is 0 Å². The Hall–Kier alpha value is 0.0449. The highest BCUT2D eigenvalue weighted by Gasteiger charge is 1.94. The minimum atomic E-state index is 0.169. The van der Waals surface area contributed by atoms with Crippen LogP contribution in [-0.4, -0.2) is 18.8 Å². The van der Waals surface area contributed by atoms with Gasteiger partial charge in [-0.1, -0.05) is 11.8 Å². The standard InChI is InChI=1S/C3H8BNOS/c1-7-3(6)2-4-5/h4H,2,5H2,1H3. The van der Waals surface area contributed by atoms with E-state index in [-0.39, 0.29) is 5.12 Å². The first-order valence-corrected chi connectivity index (χ1v) is 3.30. The van der Waals surface area contributed by atoms with Crippen molar-refractivity contribution >= 4 is 24.3 Å². The van der Waals surface area contributed by atoms with Crippen LogP contribution in [0.4, 0.5) is 0 Å². The third-order valence-corrected chi connectivity index (χ3v) is 1.24. The molecule has 0 spiro atoms. The predicted molar refractivity (Wildman–Crippen MR) is 34.7 cm³/mol. The number of hydrogen-bond donors (Lipinski definition) is 1. The average molecular weight is 117 g/mol. The van der Waals surface area contributed by atoms with Gasteiger partial charge < -0.3 is 5.64 Å². The Kier molecular flexibility index (Phi) is 4.24. The van der Waals surface area contributed by atoms with Gasteiger partial charge in [-0.2, -0.15) is 0 Å². The molecule has 0 aliphatic rings. The zero-order valence-corrected chi connectivity index (χ0v) is 5.12. The Morgan fingerprint density at radius 3 is 2.71 bits per heavy atom. The van der Waals surface area contributed by atoms with E-state index < -0.39 is 0 Å². The maximum absolute atomic E-state index is 10.3. The lowest BCUT2D eigenvalue weighted by Crippen LogP contribution is -2.07. The van der Waals surface area contributed by atoms with Crippen molar-refractivity contribution in [1.82, 2.24) is 0 Å². The molecule has 0 rings (SSSR count). The van der Waals surface area contributed by atoms with Gasteiger partial charge in [-0.3, -0.25) is 4.79 Å². The van der Waals surface area contributed by atoms with Crippen molar-refractivity contribution in [3.63, 3.8) is 0 Å². The molecule has 40 valence electrons. The van der Waals surface area contributed by atoms with E-state index in [4.69, 9.17) is 5.64 Å². The Labute approximate surface area is 48.1 Å². The maximum atomic E-state index is 10.3. The van der Waals surface area contributed by atoms with Crippen LogP contribution in [0.2, 0.25) is 6.32 Å². The number of thioether (sulfide) groups is 1. The van der Waals surface area contributed by atoms with Crippen LogP contribution in [0.3, 0.4) is 0 Å². The van der Waals surface area contributed by atoms with Gasteiger partial charge in [0, 0.05) is 6.32 Å². The third kappa shape index (κ3) is 3.89. The number of rotatable bonds is 2. The lowest BCUT2D eigenvalue weighted by molar-refractivity contribution is -0.109. The smallest absolute Gasteiger partial charge is 0.207 e. The van der Waals surface area contributed by atoms with Crippen molar-refractivity contribution in [3.8, 4) is 0 Å². The summed E-state index contributed by atoms with van der Waals surface area (Å²) in [6.45, 7) is 0. The van der Waals surface area contributed by atoms with Crippen LogP contribution in [0, 0.1) is 0 Å². The molecule has 4 heteroatoms. The van der Waals surface area contributed by atoms with E-state index in [0.29, 0.717) is 13.7 Å². The van der Waals surface area contributed by atoms with E-state index in [1.807, 2.05) is 0 Å². The predicted octanol–water partition coefficient (Wildman–Crippen LogP) is -0.396. The lowest BCUT2D eigenvalue weighted by atomic mass is 9.93. The summed E-state index contributed by atoms with van der Waals surface area (Å²) in [5.74, 6) is 0. The van der Waals surface area contributed by atoms with E-state index in [2.05, 4.69) is 0 Å². The van der Waals surface area contributed by atoms with E-state index in [1.165, 1.54) is 11.8 Å². The van der Waals surface area contributed by atoms with Crippen molar-refractivity contribution < 1.29 is 4.79 Å². The largest absolute Gasteiger partial charge is 0.372 e. The topological polar surface area (TPSA) is 43.1 Å². The van der Waals surface area contributed by atoms with Crippen LogP contribution in [0.5, 0.6) is 0 Å². The molecule has 2 N–H and O–H groups in total. The summed E-state index contributed by atoms with van der Waals surface area (Å²) < 4.78 is 0. The Bertz CT molecular complexity index is 68.0. The van der Waals surface area contributed by atoms with Crippen LogP contribution < -0.4 is 5.64 Å². The van der Waals surface area contributed by atoms with Gasteiger partial charge in [0.15, 0.2) is 5.12 Å². The fourth-order valence-corrected chi connectivity index (χ4v) is 0.542. The van der Waals surface area contributed by atoms with Gasteiger partial charge in [0.25, 0.3) is 0 Å². The minimum Gasteiger partial charge on any atom is -0.372 e. The first kappa shape index (κ1) is 7.04. The molecule has 0 aromatic rings. The Morgan fingerprint density at radius 1 is 2.00 bits per heavy atom. The molecule has 0 saturated heterocycles. The maximum Gasteiger partial charge on any atom is 0.207 e. The molecule has 0 aromatic carbocycles. The molecule has 0 bridgehead atoms. The third-order valence-electron chi connectivity index (χ3n) is 0.576. The molecule has 0 heterocycles. The molecule has 0 fully saturated rings. The SMILES string of the molecule is CSC(=O)CBN. The molecular weight excluding hydrogens is 109 g/mol. The zero-order chi connectivity index (χ0) is 5.70. The van der Waals surface area contributed by atoms with Gasteiger partial charge in [-0.05, 0) is 6.26 Å². The van der Waals surface area contributed by atoms with Crippen LogP contribution in [-0.2, 0) is 4.79 Å². The molecule has 0 aliphatic heterocycles. The molecule has 0 amide bonds. The highest BCUT2D eigenvalue weighted by molar-refractivity contribution is 8.13. The summed E-state index contributed by atoms with van der Waals surface area (Å²) in [5, 5.41) is 0.169. The fourth-order valence-electron chi connectivity index (χ4n) is 0.220. The monoisotopic (exact) mass is 117 g/mol. The lowest BCUT2D eigenvalue weighted by Gasteiger charge is -1.85. The molecule has 0 aliphatic carbocycles. The molecular formula is C3H8BNOS. The summed E-state index contributed by atoms with van der Waals surface area (Å²) in [6, 6.07) is 0. The minimum absolute atomic E-state index is 0.169. The molecule has 0 unspecified atom stereocenters. The van der Waals surface area contributed by atoms with Gasteiger partial charge in [0.2, 0.25) is 7.41 Å². The van der Waals surface area contributed by atoms with Crippen molar-refractivity contribution in [1.29, 1.82) is 0 Å². The van der Waals surface area contributed by atoms with E-state index >= 15 is 0 Å². The normalized spacial score (nSPS) is 8.29. The van der Waals surface area contributed by atoms with Gasteiger partial charge in [0.05, 0.1) is 0 Å². The zero-order valence-electron chi connectivity index (χ0n) is 4.31. The summed E-state index contributed by atoms with van der Waals surface area (Å²) in [4.78, 5) is 10.3. The number of carbonyl (C=O) groups excluding carboxylic acids is 1. The van der Waals surface area contributed by atoms with E-state index in [9.17, 15) is 4.79 Å². The Balaban J connectivity index is 3.00. The summed E-state index contributed by atoms with van der Waals surface area (Å²) in [5.41, 5.74) is 5.07. The van der Waals surface area contributed by atoms with Crippen LogP contribution in [0.25, 0.3) is 0 Å². The molecule has 0 radical (unpaired) electrons.